The molecule has 0 atom stereocenters. The number of ether oxygens (including phenoxy) is 2. The van der Waals surface area contributed by atoms with Gasteiger partial charge in [-0.05, 0) is 36.4 Å². The van der Waals surface area contributed by atoms with Crippen LogP contribution in [0.5, 0.6) is 17.2 Å². The second-order valence-corrected chi connectivity index (χ2v) is 5.11. The molecule has 0 aliphatic heterocycles. The largest absolute Gasteiger partial charge is 0.573 e. The summed E-state index contributed by atoms with van der Waals surface area (Å²) in [6.07, 6.45) is -4.66. The lowest BCUT2D eigenvalue weighted by Crippen LogP contribution is -2.17. The highest BCUT2D eigenvalue weighted by atomic mass is 19.4. The van der Waals surface area contributed by atoms with Crippen LogP contribution in [0.25, 0.3) is 0 Å². The average Bonchev–Trinajstić information content (AvgIpc) is 2.55. The van der Waals surface area contributed by atoms with Gasteiger partial charge >= 0.3 is 6.36 Å². The van der Waals surface area contributed by atoms with Gasteiger partial charge in [-0.15, -0.1) is 13.2 Å². The van der Waals surface area contributed by atoms with E-state index in [4.69, 9.17) is 16.2 Å². The predicted octanol–water partition coefficient (Wildman–Crippen LogP) is 5.23. The third kappa shape index (κ3) is 7.04. The monoisotopic (exact) mass is 362 g/mol. The summed E-state index contributed by atoms with van der Waals surface area (Å²) >= 11 is 0. The van der Waals surface area contributed by atoms with Gasteiger partial charge in [-0.1, -0.05) is 30.3 Å². The van der Waals surface area contributed by atoms with Gasteiger partial charge in [-0.25, -0.2) is 0 Å². The van der Waals surface area contributed by atoms with Gasteiger partial charge in [-0.2, -0.15) is 0 Å². The van der Waals surface area contributed by atoms with Gasteiger partial charge < -0.3 is 20.9 Å². The van der Waals surface area contributed by atoms with Crippen LogP contribution in [0.4, 0.5) is 24.5 Å². The third-order valence-corrected chi connectivity index (χ3v) is 2.93. The van der Waals surface area contributed by atoms with E-state index < -0.39 is 6.36 Å². The van der Waals surface area contributed by atoms with Crippen molar-refractivity contribution in [3.8, 4) is 17.2 Å². The summed E-state index contributed by atoms with van der Waals surface area (Å²) in [7, 11) is 0. The summed E-state index contributed by atoms with van der Waals surface area (Å²) in [4.78, 5) is 0. The van der Waals surface area contributed by atoms with Gasteiger partial charge in [0.25, 0.3) is 0 Å². The Labute approximate surface area is 148 Å². The van der Waals surface area contributed by atoms with Crippen LogP contribution in [0.15, 0.2) is 78.9 Å². The Morgan fingerprint density at radius 2 is 1.12 bits per heavy atom. The first-order chi connectivity index (χ1) is 12.3. The number of rotatable bonds is 3. The van der Waals surface area contributed by atoms with E-state index in [-0.39, 0.29) is 11.4 Å². The lowest BCUT2D eigenvalue weighted by Gasteiger charge is -2.08. The van der Waals surface area contributed by atoms with Crippen molar-refractivity contribution in [2.75, 3.05) is 11.5 Å². The van der Waals surface area contributed by atoms with E-state index >= 15 is 0 Å². The molecule has 0 aliphatic rings. The standard InChI is InChI=1S/C12H11NO.C7H6F3NO/c13-10-5-4-8-12(9-10)14-11-6-2-1-3-7-11;8-7(9,10)12-6-3-1-2-5(11)4-6/h1-9H,13H2;1-4H,11H2. The molecule has 0 fully saturated rings. The predicted molar refractivity (Wildman–Crippen MR) is 94.9 cm³/mol. The molecule has 0 radical (unpaired) electrons. The van der Waals surface area contributed by atoms with Crippen molar-refractivity contribution in [3.05, 3.63) is 78.9 Å². The van der Waals surface area contributed by atoms with Crippen molar-refractivity contribution in [1.29, 1.82) is 0 Å². The number of anilines is 2. The van der Waals surface area contributed by atoms with Crippen LogP contribution in [0.1, 0.15) is 0 Å². The molecule has 4 N–H and O–H groups in total. The second kappa shape index (κ2) is 8.66. The highest BCUT2D eigenvalue weighted by molar-refractivity contribution is 5.45. The molecule has 0 aliphatic carbocycles. The van der Waals surface area contributed by atoms with Crippen LogP contribution in [-0.4, -0.2) is 6.36 Å². The molecule has 0 unspecified atom stereocenters. The van der Waals surface area contributed by atoms with Crippen LogP contribution < -0.4 is 20.9 Å². The Bertz CT molecular complexity index is 824. The normalized spacial score (nSPS) is 10.4. The smallest absolute Gasteiger partial charge is 0.457 e. The first-order valence-electron chi connectivity index (χ1n) is 7.51. The summed E-state index contributed by atoms with van der Waals surface area (Å²) in [5.74, 6) is 1.27. The molecule has 3 aromatic rings. The topological polar surface area (TPSA) is 70.5 Å². The SMILES string of the molecule is Nc1cccc(OC(F)(F)F)c1.Nc1cccc(Oc2ccccc2)c1. The van der Waals surface area contributed by atoms with E-state index in [1.807, 2.05) is 48.5 Å². The molecule has 3 aromatic carbocycles. The maximum absolute atomic E-state index is 11.6. The van der Waals surface area contributed by atoms with E-state index in [1.54, 1.807) is 6.07 Å². The summed E-state index contributed by atoms with van der Waals surface area (Å²) in [5, 5.41) is 0. The van der Waals surface area contributed by atoms with E-state index in [2.05, 4.69) is 4.74 Å². The van der Waals surface area contributed by atoms with Gasteiger partial charge in [0.05, 0.1) is 0 Å². The zero-order valence-corrected chi connectivity index (χ0v) is 13.6. The average molecular weight is 362 g/mol. The van der Waals surface area contributed by atoms with Gasteiger partial charge in [0.2, 0.25) is 0 Å². The molecule has 0 saturated carbocycles. The molecule has 0 amide bonds. The Balaban J connectivity index is 0.000000190. The number of halogens is 3. The van der Waals surface area contributed by atoms with Crippen LogP contribution in [0, 0.1) is 0 Å². The number of para-hydroxylation sites is 1. The number of hydrogen-bond donors (Lipinski definition) is 2. The van der Waals surface area contributed by atoms with Gasteiger partial charge in [0, 0.05) is 23.5 Å². The Hall–Kier alpha value is -3.35. The van der Waals surface area contributed by atoms with Gasteiger partial charge in [0.1, 0.15) is 17.2 Å². The third-order valence-electron chi connectivity index (χ3n) is 2.93. The molecule has 4 nitrogen and oxygen atoms in total. The zero-order valence-electron chi connectivity index (χ0n) is 13.6. The number of nitrogen functional groups attached to an aromatic ring is 2. The van der Waals surface area contributed by atoms with Crippen LogP contribution in [0.2, 0.25) is 0 Å². The van der Waals surface area contributed by atoms with Gasteiger partial charge in [-0.3, -0.25) is 0 Å². The van der Waals surface area contributed by atoms with Crippen molar-refractivity contribution >= 4 is 11.4 Å². The maximum atomic E-state index is 11.6. The molecule has 26 heavy (non-hydrogen) atoms. The Kier molecular flexibility index (Phi) is 6.32. The number of nitrogens with two attached hydrogens (primary N) is 2. The molecule has 136 valence electrons. The van der Waals surface area contributed by atoms with Crippen molar-refractivity contribution in [2.45, 2.75) is 6.36 Å². The molecule has 0 heterocycles. The van der Waals surface area contributed by atoms with E-state index in [1.165, 1.54) is 18.2 Å². The second-order valence-electron chi connectivity index (χ2n) is 5.11. The van der Waals surface area contributed by atoms with Crippen molar-refractivity contribution in [1.82, 2.24) is 0 Å². The van der Waals surface area contributed by atoms with Crippen LogP contribution >= 0.6 is 0 Å². The minimum atomic E-state index is -4.66. The fourth-order valence-corrected chi connectivity index (χ4v) is 1.91. The quantitative estimate of drug-likeness (QED) is 0.626. The number of benzene rings is 3. The highest BCUT2D eigenvalue weighted by Crippen LogP contribution is 2.24. The first-order valence-corrected chi connectivity index (χ1v) is 7.51. The van der Waals surface area contributed by atoms with Crippen molar-refractivity contribution < 1.29 is 22.6 Å². The van der Waals surface area contributed by atoms with Gasteiger partial charge in [0.15, 0.2) is 0 Å². The molecule has 0 aromatic heterocycles. The summed E-state index contributed by atoms with van der Waals surface area (Å²) < 4.78 is 44.0. The lowest BCUT2D eigenvalue weighted by molar-refractivity contribution is -0.274. The number of alkyl halides is 3. The van der Waals surface area contributed by atoms with Crippen LogP contribution in [0.3, 0.4) is 0 Å². The summed E-state index contributed by atoms with van der Waals surface area (Å²) in [6, 6.07) is 22.2. The van der Waals surface area contributed by atoms with E-state index in [0.717, 1.165) is 17.6 Å². The fraction of sp³-hybridized carbons (Fsp3) is 0.0526. The van der Waals surface area contributed by atoms with Crippen molar-refractivity contribution in [3.63, 3.8) is 0 Å². The molecule has 7 heteroatoms. The maximum Gasteiger partial charge on any atom is 0.573 e. The summed E-state index contributed by atoms with van der Waals surface area (Å²) in [5.41, 5.74) is 11.8. The summed E-state index contributed by atoms with van der Waals surface area (Å²) in [6.45, 7) is 0. The first kappa shape index (κ1) is 19.0. The fourth-order valence-electron chi connectivity index (χ4n) is 1.91. The molecule has 0 spiro atoms. The Morgan fingerprint density at radius 1 is 0.615 bits per heavy atom. The van der Waals surface area contributed by atoms with Crippen molar-refractivity contribution in [2.24, 2.45) is 0 Å². The minimum absolute atomic E-state index is 0.233. The lowest BCUT2D eigenvalue weighted by atomic mass is 10.3. The van der Waals surface area contributed by atoms with Crippen LogP contribution in [-0.2, 0) is 0 Å². The Morgan fingerprint density at radius 3 is 1.65 bits per heavy atom. The molecule has 0 bridgehead atoms. The van der Waals surface area contributed by atoms with E-state index in [9.17, 15) is 13.2 Å². The molecule has 3 rings (SSSR count). The molecular weight excluding hydrogens is 345 g/mol. The highest BCUT2D eigenvalue weighted by Gasteiger charge is 2.30. The number of hydrogen-bond acceptors (Lipinski definition) is 4. The van der Waals surface area contributed by atoms with E-state index in [0.29, 0.717) is 5.69 Å². The molecule has 0 saturated heterocycles. The minimum Gasteiger partial charge on any atom is -0.457 e. The zero-order chi connectivity index (χ0) is 19.0. The molecular formula is C19H17F3N2O2.